The second-order valence-electron chi connectivity index (χ2n) is 8.63. The first-order valence-corrected chi connectivity index (χ1v) is 13.6. The molecule has 2 aliphatic rings. The van der Waals surface area contributed by atoms with Gasteiger partial charge in [0.05, 0.1) is 7.11 Å². The van der Waals surface area contributed by atoms with Gasteiger partial charge in [-0.3, -0.25) is 4.79 Å². The van der Waals surface area contributed by atoms with Crippen molar-refractivity contribution in [1.29, 1.82) is 0 Å². The second kappa shape index (κ2) is 9.47. The third-order valence-electron chi connectivity index (χ3n) is 6.51. The normalized spacial score (nSPS) is 17.9. The molecule has 1 saturated carbocycles. The molecular formula is C23H26N4O5S2. The van der Waals surface area contributed by atoms with E-state index in [0.717, 1.165) is 24.2 Å². The molecule has 1 aliphatic carbocycles. The number of anilines is 1. The molecule has 3 heterocycles. The van der Waals surface area contributed by atoms with Crippen LogP contribution in [0.2, 0.25) is 0 Å². The Hall–Kier alpha value is -2.76. The second-order valence-corrected chi connectivity index (χ2v) is 11.7. The van der Waals surface area contributed by atoms with E-state index < -0.39 is 10.0 Å². The van der Waals surface area contributed by atoms with Gasteiger partial charge in [-0.25, -0.2) is 8.42 Å². The standard InChI is InChI=1S/C23H26N4O5S2/c1-31-19-7-5-18(6-8-19)24-22(28)15-9-11-27(12-10-15)34(29,30)20-13-17(14-33-20)21-25-23(32-26-21)16-3-2-4-16/h5-8,13-16H,2-4,9-12H2,1H3,(H,24,28). The summed E-state index contributed by atoms with van der Waals surface area (Å²) in [5.74, 6) is 1.76. The van der Waals surface area contributed by atoms with Gasteiger partial charge in [0.2, 0.25) is 17.6 Å². The molecule has 1 saturated heterocycles. The van der Waals surface area contributed by atoms with Crippen molar-refractivity contribution < 1.29 is 22.5 Å². The molecule has 1 aliphatic heterocycles. The van der Waals surface area contributed by atoms with Crippen molar-refractivity contribution in [2.24, 2.45) is 5.92 Å². The number of piperidine rings is 1. The first-order chi connectivity index (χ1) is 16.4. The van der Waals surface area contributed by atoms with Gasteiger partial charge in [-0.05, 0) is 56.0 Å². The number of amides is 1. The predicted octanol–water partition coefficient (Wildman–Crippen LogP) is 4.11. The topological polar surface area (TPSA) is 115 Å². The number of ether oxygens (including phenoxy) is 1. The van der Waals surface area contributed by atoms with E-state index in [0.29, 0.717) is 60.6 Å². The fourth-order valence-corrected chi connectivity index (χ4v) is 6.93. The van der Waals surface area contributed by atoms with Crippen LogP contribution in [0.5, 0.6) is 5.75 Å². The van der Waals surface area contributed by atoms with Crippen molar-refractivity contribution in [2.75, 3.05) is 25.5 Å². The van der Waals surface area contributed by atoms with E-state index in [4.69, 9.17) is 9.26 Å². The number of benzene rings is 1. The van der Waals surface area contributed by atoms with Crippen molar-refractivity contribution in [2.45, 2.75) is 42.2 Å². The van der Waals surface area contributed by atoms with Gasteiger partial charge in [0, 0.05) is 41.6 Å². The molecule has 1 aromatic carbocycles. The third-order valence-corrected chi connectivity index (χ3v) is 9.82. The van der Waals surface area contributed by atoms with Crippen LogP contribution in [-0.4, -0.2) is 49.0 Å². The zero-order valence-electron chi connectivity index (χ0n) is 18.8. The van der Waals surface area contributed by atoms with Gasteiger partial charge in [0.1, 0.15) is 9.96 Å². The lowest BCUT2D eigenvalue weighted by Crippen LogP contribution is -2.41. The summed E-state index contributed by atoms with van der Waals surface area (Å²) < 4.78 is 38.6. The smallest absolute Gasteiger partial charge is 0.252 e. The maximum absolute atomic E-state index is 13.2. The number of hydrogen-bond donors (Lipinski definition) is 1. The number of carbonyl (C=O) groups is 1. The van der Waals surface area contributed by atoms with E-state index in [9.17, 15) is 13.2 Å². The average molecular weight is 503 g/mol. The molecule has 9 nitrogen and oxygen atoms in total. The number of methoxy groups -OCH3 is 1. The Morgan fingerprint density at radius 1 is 1.18 bits per heavy atom. The van der Waals surface area contributed by atoms with Crippen LogP contribution >= 0.6 is 11.3 Å². The van der Waals surface area contributed by atoms with Crippen molar-refractivity contribution in [3.8, 4) is 17.1 Å². The van der Waals surface area contributed by atoms with Crippen LogP contribution in [0.1, 0.15) is 43.9 Å². The molecule has 0 unspecified atom stereocenters. The first kappa shape index (κ1) is 23.0. The number of aromatic nitrogens is 2. The van der Waals surface area contributed by atoms with E-state index in [2.05, 4.69) is 15.5 Å². The number of hydrogen-bond acceptors (Lipinski definition) is 8. The highest BCUT2D eigenvalue weighted by Crippen LogP contribution is 2.37. The van der Waals surface area contributed by atoms with Crippen LogP contribution in [0.15, 0.2) is 44.4 Å². The molecule has 34 heavy (non-hydrogen) atoms. The summed E-state index contributed by atoms with van der Waals surface area (Å²) in [5.41, 5.74) is 1.33. The van der Waals surface area contributed by atoms with Gasteiger partial charge >= 0.3 is 0 Å². The maximum Gasteiger partial charge on any atom is 0.252 e. The van der Waals surface area contributed by atoms with E-state index in [1.54, 1.807) is 42.8 Å². The minimum Gasteiger partial charge on any atom is -0.497 e. The van der Waals surface area contributed by atoms with E-state index >= 15 is 0 Å². The van der Waals surface area contributed by atoms with E-state index in [-0.39, 0.29) is 16.0 Å². The van der Waals surface area contributed by atoms with E-state index in [1.807, 2.05) is 0 Å². The average Bonchev–Trinajstić information content (AvgIpc) is 3.49. The number of carbonyl (C=O) groups excluding carboxylic acids is 1. The van der Waals surface area contributed by atoms with Gasteiger partial charge in [0.15, 0.2) is 0 Å². The monoisotopic (exact) mass is 502 g/mol. The summed E-state index contributed by atoms with van der Waals surface area (Å²) in [6, 6.07) is 8.73. The molecule has 1 amide bonds. The number of thiophene rings is 1. The highest BCUT2D eigenvalue weighted by atomic mass is 32.2. The molecule has 1 N–H and O–H groups in total. The molecule has 0 bridgehead atoms. The number of sulfonamides is 1. The van der Waals surface area contributed by atoms with Crippen LogP contribution < -0.4 is 10.1 Å². The maximum atomic E-state index is 13.2. The number of nitrogens with one attached hydrogen (secondary N) is 1. The molecule has 0 atom stereocenters. The van der Waals surface area contributed by atoms with Gasteiger partial charge in [-0.15, -0.1) is 11.3 Å². The molecule has 11 heteroatoms. The van der Waals surface area contributed by atoms with Crippen LogP contribution in [0, 0.1) is 5.92 Å². The summed E-state index contributed by atoms with van der Waals surface area (Å²) >= 11 is 1.15. The lowest BCUT2D eigenvalue weighted by Gasteiger charge is -2.30. The Bertz CT molecular complexity index is 1260. The fourth-order valence-electron chi connectivity index (χ4n) is 4.15. The van der Waals surface area contributed by atoms with Crippen LogP contribution in [0.3, 0.4) is 0 Å². The van der Waals surface area contributed by atoms with Crippen molar-refractivity contribution in [3.05, 3.63) is 41.6 Å². The highest BCUT2D eigenvalue weighted by molar-refractivity contribution is 7.91. The van der Waals surface area contributed by atoms with Crippen molar-refractivity contribution in [3.63, 3.8) is 0 Å². The summed E-state index contributed by atoms with van der Waals surface area (Å²) in [5, 5.41) is 8.68. The SMILES string of the molecule is COc1ccc(NC(=O)C2CCN(S(=O)(=O)c3cc(-c4noc(C5CCC5)n4)cs3)CC2)cc1. The van der Waals surface area contributed by atoms with E-state index in [1.165, 1.54) is 10.7 Å². The molecule has 2 fully saturated rings. The van der Waals surface area contributed by atoms with Gasteiger partial charge in [0.25, 0.3) is 10.0 Å². The minimum atomic E-state index is -3.65. The highest BCUT2D eigenvalue weighted by Gasteiger charge is 2.33. The molecule has 0 radical (unpaired) electrons. The molecule has 180 valence electrons. The summed E-state index contributed by atoms with van der Waals surface area (Å²) in [6.07, 6.45) is 4.21. The molecule has 0 spiro atoms. The van der Waals surface area contributed by atoms with Gasteiger partial charge in [-0.2, -0.15) is 9.29 Å². The van der Waals surface area contributed by atoms with Crippen LogP contribution in [0.4, 0.5) is 5.69 Å². The Kier molecular flexibility index (Phi) is 6.41. The molecule has 3 aromatic rings. The molecular weight excluding hydrogens is 476 g/mol. The largest absolute Gasteiger partial charge is 0.497 e. The van der Waals surface area contributed by atoms with Crippen molar-refractivity contribution in [1.82, 2.24) is 14.4 Å². The first-order valence-electron chi connectivity index (χ1n) is 11.3. The quantitative estimate of drug-likeness (QED) is 0.517. The Balaban J connectivity index is 1.19. The third kappa shape index (κ3) is 4.59. The zero-order valence-corrected chi connectivity index (χ0v) is 20.4. The molecule has 2 aromatic heterocycles. The summed E-state index contributed by atoms with van der Waals surface area (Å²) in [4.78, 5) is 17.1. The summed E-state index contributed by atoms with van der Waals surface area (Å²) in [7, 11) is -2.06. The Morgan fingerprint density at radius 3 is 2.56 bits per heavy atom. The summed E-state index contributed by atoms with van der Waals surface area (Å²) in [6.45, 7) is 0.592. The van der Waals surface area contributed by atoms with Gasteiger partial charge < -0.3 is 14.6 Å². The zero-order chi connectivity index (χ0) is 23.7. The predicted molar refractivity (Wildman–Crippen MR) is 127 cm³/mol. The van der Waals surface area contributed by atoms with Crippen molar-refractivity contribution >= 4 is 33.0 Å². The Labute approximate surface area is 202 Å². The van der Waals surface area contributed by atoms with Crippen LogP contribution in [-0.2, 0) is 14.8 Å². The Morgan fingerprint density at radius 2 is 1.91 bits per heavy atom. The van der Waals surface area contributed by atoms with Crippen LogP contribution in [0.25, 0.3) is 11.4 Å². The minimum absolute atomic E-state index is 0.0972. The number of nitrogens with zero attached hydrogens (tertiary/aromatic N) is 3. The fraction of sp³-hybridized carbons (Fsp3) is 0.435. The number of rotatable bonds is 7. The van der Waals surface area contributed by atoms with Gasteiger partial charge in [-0.1, -0.05) is 11.6 Å². The lowest BCUT2D eigenvalue weighted by atomic mass is 9.85. The lowest BCUT2D eigenvalue weighted by molar-refractivity contribution is -0.120. The molecule has 5 rings (SSSR count).